The third kappa shape index (κ3) is 3.50. The van der Waals surface area contributed by atoms with Gasteiger partial charge in [-0.15, -0.1) is 0 Å². The molecule has 2 rings (SSSR count). The molecule has 1 aromatic carbocycles. The zero-order valence-electron chi connectivity index (χ0n) is 11.8. The van der Waals surface area contributed by atoms with E-state index in [1.807, 2.05) is 13.0 Å². The third-order valence-electron chi connectivity index (χ3n) is 3.66. The molecule has 1 aliphatic rings. The zero-order valence-corrected chi connectivity index (χ0v) is 11.8. The highest BCUT2D eigenvalue weighted by molar-refractivity contribution is 5.95. The zero-order chi connectivity index (χ0) is 14.5. The Labute approximate surface area is 119 Å². The molecule has 1 saturated heterocycles. The summed E-state index contributed by atoms with van der Waals surface area (Å²) >= 11 is 0. The third-order valence-corrected chi connectivity index (χ3v) is 3.66. The average molecular weight is 275 g/mol. The molecule has 3 N–H and O–H groups in total. The molecule has 0 saturated carbocycles. The first-order chi connectivity index (χ1) is 9.58. The summed E-state index contributed by atoms with van der Waals surface area (Å²) < 4.78 is 0. The Hall–Kier alpha value is -2.04. The van der Waals surface area contributed by atoms with Crippen molar-refractivity contribution in [1.29, 1.82) is 0 Å². The van der Waals surface area contributed by atoms with Crippen LogP contribution < -0.4 is 11.1 Å². The molecule has 0 unspecified atom stereocenters. The number of nitrogens with zero attached hydrogens (tertiary/aromatic N) is 1. The fraction of sp³-hybridized carbons (Fsp3) is 0.467. The lowest BCUT2D eigenvalue weighted by molar-refractivity contribution is -0.134. The van der Waals surface area contributed by atoms with Crippen LogP contribution in [0.25, 0.3) is 0 Å². The summed E-state index contributed by atoms with van der Waals surface area (Å²) in [6.45, 7) is 2.65. The minimum Gasteiger partial charge on any atom is -0.398 e. The van der Waals surface area contributed by atoms with E-state index in [9.17, 15) is 9.59 Å². The second kappa shape index (κ2) is 6.41. The van der Waals surface area contributed by atoms with Crippen LogP contribution in [0, 0.1) is 6.92 Å². The van der Waals surface area contributed by atoms with Crippen LogP contribution in [0.3, 0.4) is 0 Å². The maximum atomic E-state index is 12.1. The van der Waals surface area contributed by atoms with E-state index in [-0.39, 0.29) is 18.4 Å². The quantitative estimate of drug-likeness (QED) is 0.827. The number of nitrogens with two attached hydrogens (primary N) is 1. The van der Waals surface area contributed by atoms with Crippen molar-refractivity contribution in [3.8, 4) is 0 Å². The van der Waals surface area contributed by atoms with Gasteiger partial charge in [0, 0.05) is 24.3 Å². The summed E-state index contributed by atoms with van der Waals surface area (Å²) in [5, 5.41) is 2.83. The molecule has 2 amide bonds. The Balaban J connectivity index is 1.98. The first kappa shape index (κ1) is 14.4. The fourth-order valence-electron chi connectivity index (χ4n) is 2.36. The van der Waals surface area contributed by atoms with E-state index in [1.54, 1.807) is 17.0 Å². The molecule has 5 heteroatoms. The Morgan fingerprint density at radius 2 is 2.15 bits per heavy atom. The first-order valence-corrected chi connectivity index (χ1v) is 7.00. The van der Waals surface area contributed by atoms with Gasteiger partial charge in [0.15, 0.2) is 0 Å². The minimum atomic E-state index is -0.172. The number of anilines is 2. The van der Waals surface area contributed by atoms with Crippen LogP contribution in [0.5, 0.6) is 0 Å². The summed E-state index contributed by atoms with van der Waals surface area (Å²) in [6, 6.07) is 5.41. The van der Waals surface area contributed by atoms with Crippen LogP contribution >= 0.6 is 0 Å². The molecule has 0 spiro atoms. The van der Waals surface area contributed by atoms with E-state index >= 15 is 0 Å². The summed E-state index contributed by atoms with van der Waals surface area (Å²) in [4.78, 5) is 25.5. The molecule has 20 heavy (non-hydrogen) atoms. The van der Waals surface area contributed by atoms with Gasteiger partial charge >= 0.3 is 0 Å². The molecular weight excluding hydrogens is 254 g/mol. The lowest BCUT2D eigenvalue weighted by Gasteiger charge is -2.20. The molecule has 0 aliphatic carbocycles. The Morgan fingerprint density at radius 1 is 1.35 bits per heavy atom. The standard InChI is InChI=1S/C15H21N3O2/c1-11-12(16)6-5-7-13(11)17-14(19)10-18-9-4-2-3-8-15(18)20/h5-7H,2-4,8-10,16H2,1H3,(H,17,19). The lowest BCUT2D eigenvalue weighted by Crippen LogP contribution is -2.37. The molecule has 1 heterocycles. The molecular formula is C15H21N3O2. The average Bonchev–Trinajstić information content (AvgIpc) is 2.61. The van der Waals surface area contributed by atoms with Gasteiger partial charge in [0.25, 0.3) is 0 Å². The normalized spacial score (nSPS) is 15.8. The van der Waals surface area contributed by atoms with Gasteiger partial charge in [-0.3, -0.25) is 9.59 Å². The Morgan fingerprint density at radius 3 is 2.95 bits per heavy atom. The largest absolute Gasteiger partial charge is 0.398 e. The van der Waals surface area contributed by atoms with Gasteiger partial charge in [-0.2, -0.15) is 0 Å². The molecule has 108 valence electrons. The highest BCUT2D eigenvalue weighted by Crippen LogP contribution is 2.20. The van der Waals surface area contributed by atoms with Crippen molar-refractivity contribution < 1.29 is 9.59 Å². The van der Waals surface area contributed by atoms with Crippen molar-refractivity contribution in [2.24, 2.45) is 0 Å². The van der Waals surface area contributed by atoms with Crippen molar-refractivity contribution in [2.45, 2.75) is 32.6 Å². The van der Waals surface area contributed by atoms with Crippen molar-refractivity contribution in [1.82, 2.24) is 4.90 Å². The second-order valence-corrected chi connectivity index (χ2v) is 5.19. The van der Waals surface area contributed by atoms with Gasteiger partial charge in [-0.1, -0.05) is 12.5 Å². The SMILES string of the molecule is Cc1c(N)cccc1NC(=O)CN1CCCCCC1=O. The molecule has 0 radical (unpaired) electrons. The van der Waals surface area contributed by atoms with Gasteiger partial charge < -0.3 is 16.0 Å². The summed E-state index contributed by atoms with van der Waals surface area (Å²) in [7, 11) is 0. The van der Waals surface area contributed by atoms with Crippen LogP contribution in [0.4, 0.5) is 11.4 Å². The van der Waals surface area contributed by atoms with E-state index in [2.05, 4.69) is 5.32 Å². The van der Waals surface area contributed by atoms with Crippen molar-refractivity contribution >= 4 is 23.2 Å². The number of nitrogen functional groups attached to an aromatic ring is 1. The number of carbonyl (C=O) groups is 2. The first-order valence-electron chi connectivity index (χ1n) is 7.00. The number of hydrogen-bond acceptors (Lipinski definition) is 3. The number of amides is 2. The lowest BCUT2D eigenvalue weighted by atomic mass is 10.1. The van der Waals surface area contributed by atoms with E-state index in [0.717, 1.165) is 24.8 Å². The maximum Gasteiger partial charge on any atom is 0.244 e. The van der Waals surface area contributed by atoms with Gasteiger partial charge in [0.05, 0.1) is 6.54 Å². The van der Waals surface area contributed by atoms with Gasteiger partial charge in [0.2, 0.25) is 11.8 Å². The van der Waals surface area contributed by atoms with Gasteiger partial charge in [0.1, 0.15) is 0 Å². The minimum absolute atomic E-state index is 0.0712. The summed E-state index contributed by atoms with van der Waals surface area (Å²) in [5.74, 6) is -0.101. The molecule has 0 aromatic heterocycles. The molecule has 0 atom stereocenters. The predicted octanol–water partition coefficient (Wildman–Crippen LogP) is 1.92. The van der Waals surface area contributed by atoms with Gasteiger partial charge in [-0.25, -0.2) is 0 Å². The number of likely N-dealkylation sites (tertiary alicyclic amines) is 1. The highest BCUT2D eigenvalue weighted by Gasteiger charge is 2.19. The Bertz CT molecular complexity index is 514. The fourth-order valence-corrected chi connectivity index (χ4v) is 2.36. The number of nitrogens with one attached hydrogen (secondary N) is 1. The van der Waals surface area contributed by atoms with Crippen LogP contribution in [0.15, 0.2) is 18.2 Å². The number of carbonyl (C=O) groups excluding carboxylic acids is 2. The van der Waals surface area contributed by atoms with Crippen LogP contribution in [-0.4, -0.2) is 29.8 Å². The topological polar surface area (TPSA) is 75.4 Å². The van der Waals surface area contributed by atoms with Crippen LogP contribution in [0.1, 0.15) is 31.2 Å². The summed E-state index contributed by atoms with van der Waals surface area (Å²) in [5.41, 5.74) is 8.01. The number of benzene rings is 1. The van der Waals surface area contributed by atoms with E-state index in [4.69, 9.17) is 5.73 Å². The van der Waals surface area contributed by atoms with E-state index < -0.39 is 0 Å². The molecule has 1 fully saturated rings. The van der Waals surface area contributed by atoms with Crippen LogP contribution in [-0.2, 0) is 9.59 Å². The number of rotatable bonds is 3. The van der Waals surface area contributed by atoms with Crippen molar-refractivity contribution in [3.05, 3.63) is 23.8 Å². The van der Waals surface area contributed by atoms with E-state index in [0.29, 0.717) is 24.3 Å². The monoisotopic (exact) mass is 275 g/mol. The smallest absolute Gasteiger partial charge is 0.244 e. The van der Waals surface area contributed by atoms with Crippen molar-refractivity contribution in [3.63, 3.8) is 0 Å². The molecule has 1 aromatic rings. The second-order valence-electron chi connectivity index (χ2n) is 5.19. The van der Waals surface area contributed by atoms with Crippen LogP contribution in [0.2, 0.25) is 0 Å². The molecule has 0 bridgehead atoms. The van der Waals surface area contributed by atoms with E-state index in [1.165, 1.54) is 0 Å². The van der Waals surface area contributed by atoms with Gasteiger partial charge in [-0.05, 0) is 37.5 Å². The molecule has 1 aliphatic heterocycles. The number of hydrogen-bond donors (Lipinski definition) is 2. The van der Waals surface area contributed by atoms with Crippen molar-refractivity contribution in [2.75, 3.05) is 24.1 Å². The maximum absolute atomic E-state index is 12.1. The molecule has 5 nitrogen and oxygen atoms in total. The Kier molecular flexibility index (Phi) is 4.61. The highest BCUT2D eigenvalue weighted by atomic mass is 16.2. The predicted molar refractivity (Wildman–Crippen MR) is 79.3 cm³/mol. The summed E-state index contributed by atoms with van der Waals surface area (Å²) in [6.07, 6.45) is 3.49.